The number of unbranched alkanes of at least 4 members (excludes halogenated alkanes) is 2. The van der Waals surface area contributed by atoms with Crippen molar-refractivity contribution in [1.29, 1.82) is 0 Å². The van der Waals surface area contributed by atoms with Gasteiger partial charge in [0.1, 0.15) is 12.8 Å². The topological polar surface area (TPSA) is 180 Å². The first-order valence-electron chi connectivity index (χ1n) is 12.1. The molecule has 1 heterocycles. The van der Waals surface area contributed by atoms with Gasteiger partial charge in [-0.1, -0.05) is 32.4 Å². The maximum Gasteiger partial charge on any atom is 0.404 e. The average Bonchev–Trinajstić information content (AvgIpc) is 3.17. The summed E-state index contributed by atoms with van der Waals surface area (Å²) in [5, 5.41) is 18.8. The van der Waals surface area contributed by atoms with E-state index in [-0.39, 0.29) is 49.1 Å². The van der Waals surface area contributed by atoms with Gasteiger partial charge in [0.15, 0.2) is 0 Å². The highest BCUT2D eigenvalue weighted by Crippen LogP contribution is 2.12. The summed E-state index contributed by atoms with van der Waals surface area (Å²) in [6, 6.07) is 6.02. The van der Waals surface area contributed by atoms with Gasteiger partial charge >= 0.3 is 6.09 Å². The Kier molecular flexibility index (Phi) is 11.7. The van der Waals surface area contributed by atoms with Gasteiger partial charge in [0, 0.05) is 30.8 Å². The molecule has 12 nitrogen and oxygen atoms in total. The lowest BCUT2D eigenvalue weighted by Crippen LogP contribution is -2.54. The highest BCUT2D eigenvalue weighted by molar-refractivity contribution is 6.12. The smallest absolute Gasteiger partial charge is 0.404 e. The summed E-state index contributed by atoms with van der Waals surface area (Å²) in [4.78, 5) is 59.5. The lowest BCUT2D eigenvalue weighted by Gasteiger charge is -2.28. The molecule has 0 spiro atoms. The van der Waals surface area contributed by atoms with Crippen LogP contribution >= 0.6 is 0 Å². The molecule has 5 amide bonds. The molecule has 0 saturated carbocycles. The lowest BCUT2D eigenvalue weighted by molar-refractivity contribution is -0.137. The van der Waals surface area contributed by atoms with Gasteiger partial charge in [-0.15, -0.1) is 0 Å². The molecule has 1 aromatic carbocycles. The number of benzene rings is 1. The SMILES string of the molecule is CC(C)[C@H](NC(=O)CCCCCN1C(=O)C=CC1=O)C(O)NCC(=O)Nc1ccc(COC(N)=O)cc1. The Labute approximate surface area is 215 Å². The standard InChI is InChI=1S/C25H35N5O7/c1-16(2)23(29-19(31)6-4-3-5-13-30-21(33)11-12-22(30)34)24(35)27-14-20(32)28-18-9-7-17(8-10-18)15-37-25(26)36/h7-12,16,23-24,27,35H,3-6,13-15H2,1-2H3,(H2,26,36)(H,28,32)(H,29,31)/t23-,24?/m0/s1. The molecular formula is C25H35N5O7. The summed E-state index contributed by atoms with van der Waals surface area (Å²) in [5.41, 5.74) is 6.15. The van der Waals surface area contributed by atoms with Crippen LogP contribution in [0.4, 0.5) is 10.5 Å². The van der Waals surface area contributed by atoms with E-state index in [4.69, 9.17) is 10.5 Å². The number of hydrogen-bond acceptors (Lipinski definition) is 8. The van der Waals surface area contributed by atoms with E-state index in [1.165, 1.54) is 17.1 Å². The van der Waals surface area contributed by atoms with Crippen LogP contribution in [0, 0.1) is 5.92 Å². The van der Waals surface area contributed by atoms with Crippen LogP contribution in [0.15, 0.2) is 36.4 Å². The number of ether oxygens (including phenoxy) is 1. The predicted octanol–water partition coefficient (Wildman–Crippen LogP) is 0.755. The van der Waals surface area contributed by atoms with Crippen molar-refractivity contribution in [3.05, 3.63) is 42.0 Å². The Morgan fingerprint density at radius 2 is 1.65 bits per heavy atom. The molecule has 0 radical (unpaired) electrons. The minimum absolute atomic E-state index is 0.0257. The normalized spacial score (nSPS) is 14.5. The maximum absolute atomic E-state index is 12.4. The molecule has 1 aromatic rings. The van der Waals surface area contributed by atoms with Crippen LogP contribution in [-0.2, 0) is 30.5 Å². The predicted molar refractivity (Wildman–Crippen MR) is 135 cm³/mol. The summed E-state index contributed by atoms with van der Waals surface area (Å²) < 4.78 is 4.70. The van der Waals surface area contributed by atoms with Gasteiger partial charge in [-0.05, 0) is 36.5 Å². The number of aliphatic hydroxyl groups excluding tert-OH is 1. The second kappa shape index (κ2) is 14.7. The molecule has 202 valence electrons. The summed E-state index contributed by atoms with van der Waals surface area (Å²) in [6.07, 6.45) is 2.53. The van der Waals surface area contributed by atoms with Crippen molar-refractivity contribution < 1.29 is 33.8 Å². The summed E-state index contributed by atoms with van der Waals surface area (Å²) >= 11 is 0. The summed E-state index contributed by atoms with van der Waals surface area (Å²) in [6.45, 7) is 3.85. The third kappa shape index (κ3) is 10.4. The van der Waals surface area contributed by atoms with Crippen molar-refractivity contribution in [3.63, 3.8) is 0 Å². The third-order valence-electron chi connectivity index (χ3n) is 5.66. The van der Waals surface area contributed by atoms with E-state index in [0.29, 0.717) is 37.1 Å². The van der Waals surface area contributed by atoms with Crippen molar-refractivity contribution in [2.75, 3.05) is 18.4 Å². The molecule has 0 fully saturated rings. The van der Waals surface area contributed by atoms with Crippen LogP contribution in [0.3, 0.4) is 0 Å². The van der Waals surface area contributed by atoms with Gasteiger partial charge in [-0.25, -0.2) is 4.79 Å². The van der Waals surface area contributed by atoms with Crippen molar-refractivity contribution in [3.8, 4) is 0 Å². The number of primary amides is 1. The number of carbonyl (C=O) groups excluding carboxylic acids is 5. The fourth-order valence-electron chi connectivity index (χ4n) is 3.62. The Hall–Kier alpha value is -3.77. The molecule has 1 aliphatic rings. The number of hydrogen-bond donors (Lipinski definition) is 5. The van der Waals surface area contributed by atoms with Crippen LogP contribution in [0.5, 0.6) is 0 Å². The fourth-order valence-corrected chi connectivity index (χ4v) is 3.62. The highest BCUT2D eigenvalue weighted by atomic mass is 16.5. The Balaban J connectivity index is 1.69. The molecule has 12 heteroatoms. The van der Waals surface area contributed by atoms with E-state index >= 15 is 0 Å². The van der Waals surface area contributed by atoms with Crippen LogP contribution < -0.4 is 21.7 Å². The van der Waals surface area contributed by atoms with Gasteiger partial charge < -0.3 is 26.2 Å². The maximum atomic E-state index is 12.4. The van der Waals surface area contributed by atoms with Crippen molar-refractivity contribution in [2.24, 2.45) is 11.7 Å². The zero-order valence-electron chi connectivity index (χ0n) is 21.1. The number of amides is 5. The molecule has 2 rings (SSSR count). The van der Waals surface area contributed by atoms with Crippen LogP contribution in [0.2, 0.25) is 0 Å². The zero-order chi connectivity index (χ0) is 27.4. The molecule has 0 saturated heterocycles. The van der Waals surface area contributed by atoms with Gasteiger partial charge in [-0.2, -0.15) is 0 Å². The zero-order valence-corrected chi connectivity index (χ0v) is 21.1. The number of anilines is 1. The Bertz CT molecular complexity index is 976. The average molecular weight is 518 g/mol. The first-order valence-corrected chi connectivity index (χ1v) is 12.1. The third-order valence-corrected chi connectivity index (χ3v) is 5.66. The Morgan fingerprint density at radius 3 is 2.24 bits per heavy atom. The van der Waals surface area contributed by atoms with Crippen LogP contribution in [0.1, 0.15) is 45.1 Å². The molecular weight excluding hydrogens is 482 g/mol. The van der Waals surface area contributed by atoms with Gasteiger partial charge in [-0.3, -0.25) is 29.4 Å². The number of aliphatic hydroxyl groups is 1. The Morgan fingerprint density at radius 1 is 1.00 bits per heavy atom. The van der Waals surface area contributed by atoms with E-state index in [9.17, 15) is 29.1 Å². The van der Waals surface area contributed by atoms with E-state index in [1.54, 1.807) is 24.3 Å². The molecule has 37 heavy (non-hydrogen) atoms. The second-order valence-electron chi connectivity index (χ2n) is 8.99. The lowest BCUT2D eigenvalue weighted by atomic mass is 10.0. The van der Waals surface area contributed by atoms with Crippen molar-refractivity contribution >= 4 is 35.4 Å². The summed E-state index contributed by atoms with van der Waals surface area (Å²) in [7, 11) is 0. The quantitative estimate of drug-likeness (QED) is 0.128. The number of rotatable bonds is 15. The molecule has 0 bridgehead atoms. The van der Waals surface area contributed by atoms with E-state index in [2.05, 4.69) is 16.0 Å². The molecule has 0 aliphatic carbocycles. The van der Waals surface area contributed by atoms with E-state index in [1.807, 2.05) is 13.8 Å². The molecule has 1 aliphatic heterocycles. The van der Waals surface area contributed by atoms with Crippen molar-refractivity contribution in [2.45, 2.75) is 58.4 Å². The van der Waals surface area contributed by atoms with Gasteiger partial charge in [0.2, 0.25) is 11.8 Å². The number of nitrogens with two attached hydrogens (primary N) is 1. The monoisotopic (exact) mass is 517 g/mol. The minimum Gasteiger partial charge on any atom is -0.445 e. The van der Waals surface area contributed by atoms with Gasteiger partial charge in [0.05, 0.1) is 12.6 Å². The van der Waals surface area contributed by atoms with Crippen LogP contribution in [-0.4, -0.2) is 65.1 Å². The number of imide groups is 1. The van der Waals surface area contributed by atoms with Gasteiger partial charge in [0.25, 0.3) is 11.8 Å². The second-order valence-corrected chi connectivity index (χ2v) is 8.99. The van der Waals surface area contributed by atoms with E-state index < -0.39 is 18.4 Å². The molecule has 6 N–H and O–H groups in total. The first kappa shape index (κ1) is 29.5. The molecule has 0 aromatic heterocycles. The highest BCUT2D eigenvalue weighted by Gasteiger charge is 2.25. The number of nitrogens with one attached hydrogen (secondary N) is 3. The number of carbonyl (C=O) groups is 5. The fraction of sp³-hybridized carbons (Fsp3) is 0.480. The first-order chi connectivity index (χ1) is 17.6. The van der Waals surface area contributed by atoms with Crippen molar-refractivity contribution in [1.82, 2.24) is 15.5 Å². The minimum atomic E-state index is -1.15. The largest absolute Gasteiger partial charge is 0.445 e. The van der Waals surface area contributed by atoms with E-state index in [0.717, 1.165) is 0 Å². The summed E-state index contributed by atoms with van der Waals surface area (Å²) in [5.74, 6) is -1.37. The number of nitrogens with zero attached hydrogens (tertiary/aromatic N) is 1. The molecule has 2 atom stereocenters. The van der Waals surface area contributed by atoms with Crippen LogP contribution in [0.25, 0.3) is 0 Å². The molecule has 1 unspecified atom stereocenters.